The van der Waals surface area contributed by atoms with Crippen LogP contribution in [0.3, 0.4) is 0 Å². The molecule has 1 aliphatic rings. The summed E-state index contributed by atoms with van der Waals surface area (Å²) in [7, 11) is 0. The van der Waals surface area contributed by atoms with Gasteiger partial charge in [0.2, 0.25) is 11.8 Å². The predicted molar refractivity (Wildman–Crippen MR) is 114 cm³/mol. The number of benzene rings is 2. The van der Waals surface area contributed by atoms with Crippen molar-refractivity contribution in [1.29, 1.82) is 0 Å². The van der Waals surface area contributed by atoms with Crippen molar-refractivity contribution >= 4 is 23.2 Å². The van der Waals surface area contributed by atoms with Crippen molar-refractivity contribution in [2.45, 2.75) is 19.8 Å². The van der Waals surface area contributed by atoms with Gasteiger partial charge in [0.15, 0.2) is 0 Å². The van der Waals surface area contributed by atoms with Crippen LogP contribution in [-0.2, 0) is 16.0 Å². The maximum absolute atomic E-state index is 12.6. The minimum absolute atomic E-state index is 0.0562. The topological polar surface area (TPSA) is 95.8 Å². The third-order valence-corrected chi connectivity index (χ3v) is 5.32. The van der Waals surface area contributed by atoms with Crippen LogP contribution in [0.25, 0.3) is 0 Å². The number of non-ortho nitro benzene ring substituents is 1. The molecule has 0 saturated carbocycles. The average Bonchev–Trinajstić information content (AvgIpc) is 2.74. The largest absolute Gasteiger partial charge is 0.340 e. The Morgan fingerprint density at radius 3 is 2.50 bits per heavy atom. The first kappa shape index (κ1) is 21.4. The molecule has 1 heterocycles. The molecular formula is C22H26N4O4. The van der Waals surface area contributed by atoms with Gasteiger partial charge in [-0.15, -0.1) is 0 Å². The summed E-state index contributed by atoms with van der Waals surface area (Å²) < 4.78 is 0. The van der Waals surface area contributed by atoms with E-state index >= 15 is 0 Å². The van der Waals surface area contributed by atoms with Crippen LogP contribution in [0.4, 0.5) is 11.4 Å². The van der Waals surface area contributed by atoms with Crippen molar-refractivity contribution in [3.8, 4) is 0 Å². The van der Waals surface area contributed by atoms with Crippen molar-refractivity contribution < 1.29 is 14.5 Å². The molecule has 0 radical (unpaired) electrons. The smallest absolute Gasteiger partial charge is 0.271 e. The molecule has 0 atom stereocenters. The van der Waals surface area contributed by atoms with Gasteiger partial charge in [0.1, 0.15) is 0 Å². The summed E-state index contributed by atoms with van der Waals surface area (Å²) in [5.41, 5.74) is 2.54. The summed E-state index contributed by atoms with van der Waals surface area (Å²) in [6.07, 6.45) is 0.706. The van der Waals surface area contributed by atoms with Gasteiger partial charge >= 0.3 is 0 Å². The van der Waals surface area contributed by atoms with Crippen molar-refractivity contribution in [2.75, 3.05) is 38.0 Å². The molecule has 0 unspecified atom stereocenters. The van der Waals surface area contributed by atoms with E-state index in [0.717, 1.165) is 24.2 Å². The number of hydrogen-bond donors (Lipinski definition) is 1. The predicted octanol–water partition coefficient (Wildman–Crippen LogP) is 2.62. The Kier molecular flexibility index (Phi) is 7.13. The van der Waals surface area contributed by atoms with Gasteiger partial charge in [0.25, 0.3) is 5.69 Å². The molecule has 1 N–H and O–H groups in total. The van der Waals surface area contributed by atoms with Crippen LogP contribution in [0, 0.1) is 17.0 Å². The molecular weight excluding hydrogens is 384 g/mol. The second kappa shape index (κ2) is 9.98. The SMILES string of the molecule is Cc1ccccc1CC(=O)N1CCN(CCC(=O)Nc2cccc([N+](=O)[O-])c2)CC1. The van der Waals surface area contributed by atoms with Crippen LogP contribution >= 0.6 is 0 Å². The summed E-state index contributed by atoms with van der Waals surface area (Å²) in [5, 5.41) is 13.5. The highest BCUT2D eigenvalue weighted by atomic mass is 16.6. The van der Waals surface area contributed by atoms with Gasteiger partial charge in [-0.2, -0.15) is 0 Å². The normalized spacial score (nSPS) is 14.4. The minimum atomic E-state index is -0.491. The van der Waals surface area contributed by atoms with Gasteiger partial charge in [-0.3, -0.25) is 24.6 Å². The molecule has 0 aromatic heterocycles. The summed E-state index contributed by atoms with van der Waals surface area (Å²) in [6, 6.07) is 13.8. The highest BCUT2D eigenvalue weighted by Gasteiger charge is 2.22. The third-order valence-electron chi connectivity index (χ3n) is 5.32. The quantitative estimate of drug-likeness (QED) is 0.559. The van der Waals surface area contributed by atoms with E-state index in [9.17, 15) is 19.7 Å². The molecule has 8 heteroatoms. The number of nitro groups is 1. The molecule has 1 fully saturated rings. The lowest BCUT2D eigenvalue weighted by atomic mass is 10.1. The average molecular weight is 410 g/mol. The van der Waals surface area contributed by atoms with Gasteiger partial charge in [-0.05, 0) is 24.1 Å². The number of nitrogens with one attached hydrogen (secondary N) is 1. The number of rotatable bonds is 7. The Labute approximate surface area is 175 Å². The summed E-state index contributed by atoms with van der Waals surface area (Å²) in [5.74, 6) is -0.0547. The maximum atomic E-state index is 12.6. The van der Waals surface area contributed by atoms with Crippen LogP contribution in [0.2, 0.25) is 0 Å². The van der Waals surface area contributed by atoms with Gasteiger partial charge in [0.05, 0.1) is 11.3 Å². The molecule has 2 amide bonds. The fourth-order valence-electron chi connectivity index (χ4n) is 3.48. The van der Waals surface area contributed by atoms with Gasteiger partial charge in [-0.1, -0.05) is 30.3 Å². The molecule has 2 aromatic carbocycles. The molecule has 8 nitrogen and oxygen atoms in total. The highest BCUT2D eigenvalue weighted by molar-refractivity contribution is 5.91. The maximum Gasteiger partial charge on any atom is 0.271 e. The number of piperazine rings is 1. The number of anilines is 1. The van der Waals surface area contributed by atoms with Gasteiger partial charge in [0, 0.05) is 57.0 Å². The molecule has 158 valence electrons. The molecule has 0 aliphatic carbocycles. The fourth-order valence-corrected chi connectivity index (χ4v) is 3.48. The Balaban J connectivity index is 1.41. The first-order valence-electron chi connectivity index (χ1n) is 10.0. The van der Waals surface area contributed by atoms with E-state index < -0.39 is 4.92 Å². The number of hydrogen-bond acceptors (Lipinski definition) is 5. The van der Waals surface area contributed by atoms with Crippen LogP contribution in [0.15, 0.2) is 48.5 Å². The fraction of sp³-hybridized carbons (Fsp3) is 0.364. The monoisotopic (exact) mass is 410 g/mol. The Bertz CT molecular complexity index is 923. The van der Waals surface area contributed by atoms with Crippen LogP contribution in [0.1, 0.15) is 17.5 Å². The summed E-state index contributed by atoms with van der Waals surface area (Å²) in [4.78, 5) is 39.1. The number of nitro benzene ring substituents is 1. The Hall–Kier alpha value is -3.26. The molecule has 1 saturated heterocycles. The van der Waals surface area contributed by atoms with Crippen molar-refractivity contribution in [3.63, 3.8) is 0 Å². The van der Waals surface area contributed by atoms with Crippen molar-refractivity contribution in [3.05, 3.63) is 69.8 Å². The molecule has 1 aliphatic heterocycles. The second-order valence-electron chi connectivity index (χ2n) is 7.43. The van der Waals surface area contributed by atoms with Crippen molar-refractivity contribution in [1.82, 2.24) is 9.80 Å². The van der Waals surface area contributed by atoms with Crippen LogP contribution in [0.5, 0.6) is 0 Å². The Morgan fingerprint density at radius 1 is 1.07 bits per heavy atom. The van der Waals surface area contributed by atoms with Gasteiger partial charge in [-0.25, -0.2) is 0 Å². The van der Waals surface area contributed by atoms with E-state index in [2.05, 4.69) is 10.2 Å². The zero-order chi connectivity index (χ0) is 21.5. The van der Waals surface area contributed by atoms with E-state index in [1.54, 1.807) is 12.1 Å². The van der Waals surface area contributed by atoms with Crippen LogP contribution < -0.4 is 5.32 Å². The number of nitrogens with zero attached hydrogens (tertiary/aromatic N) is 3. The lowest BCUT2D eigenvalue weighted by molar-refractivity contribution is -0.384. The van der Waals surface area contributed by atoms with E-state index in [4.69, 9.17) is 0 Å². The zero-order valence-electron chi connectivity index (χ0n) is 17.0. The van der Waals surface area contributed by atoms with Gasteiger partial charge < -0.3 is 10.2 Å². The van der Waals surface area contributed by atoms with E-state index in [-0.39, 0.29) is 17.5 Å². The molecule has 2 aromatic rings. The van der Waals surface area contributed by atoms with Crippen LogP contribution in [-0.4, -0.2) is 59.3 Å². The standard InChI is InChI=1S/C22H26N4O4/c1-17-5-2-3-6-18(17)15-22(28)25-13-11-24(12-14-25)10-9-21(27)23-19-7-4-8-20(16-19)26(29)30/h2-8,16H,9-15H2,1H3,(H,23,27). The summed E-state index contributed by atoms with van der Waals surface area (Å²) >= 11 is 0. The number of aryl methyl sites for hydroxylation is 1. The van der Waals surface area contributed by atoms with E-state index in [1.807, 2.05) is 36.1 Å². The van der Waals surface area contributed by atoms with E-state index in [1.165, 1.54) is 12.1 Å². The molecule has 3 rings (SSSR count). The lowest BCUT2D eigenvalue weighted by Crippen LogP contribution is -2.49. The number of carbonyl (C=O) groups excluding carboxylic acids is 2. The lowest BCUT2D eigenvalue weighted by Gasteiger charge is -2.34. The second-order valence-corrected chi connectivity index (χ2v) is 7.43. The molecule has 30 heavy (non-hydrogen) atoms. The highest BCUT2D eigenvalue weighted by Crippen LogP contribution is 2.17. The summed E-state index contributed by atoms with van der Waals surface area (Å²) in [6.45, 7) is 5.35. The number of amides is 2. The molecule has 0 bridgehead atoms. The first-order chi connectivity index (χ1) is 14.4. The number of carbonyl (C=O) groups is 2. The van der Waals surface area contributed by atoms with E-state index in [0.29, 0.717) is 38.2 Å². The van der Waals surface area contributed by atoms with Crippen molar-refractivity contribution in [2.24, 2.45) is 0 Å². The minimum Gasteiger partial charge on any atom is -0.340 e. The Morgan fingerprint density at radius 2 is 1.80 bits per heavy atom. The third kappa shape index (κ3) is 5.87. The first-order valence-corrected chi connectivity index (χ1v) is 10.0. The molecule has 0 spiro atoms. The zero-order valence-corrected chi connectivity index (χ0v) is 17.0.